The van der Waals surface area contributed by atoms with Crippen molar-refractivity contribution in [2.75, 3.05) is 0 Å². The van der Waals surface area contributed by atoms with Crippen molar-refractivity contribution < 1.29 is 9.53 Å². The molecule has 3 heteroatoms. The third-order valence-corrected chi connectivity index (χ3v) is 4.17. The summed E-state index contributed by atoms with van der Waals surface area (Å²) in [6, 6.07) is 0.121. The van der Waals surface area contributed by atoms with Gasteiger partial charge in [0.1, 0.15) is 0 Å². The van der Waals surface area contributed by atoms with Crippen LogP contribution in [0, 0.1) is 11.3 Å². The van der Waals surface area contributed by atoms with Gasteiger partial charge in [0.25, 0.3) is 0 Å². The van der Waals surface area contributed by atoms with Crippen LogP contribution in [0.5, 0.6) is 0 Å². The minimum atomic E-state index is 0.0260. The highest BCUT2D eigenvalue weighted by Gasteiger charge is 2.46. The Labute approximate surface area is 98.9 Å². The lowest BCUT2D eigenvalue weighted by Gasteiger charge is -2.50. The van der Waals surface area contributed by atoms with E-state index in [1.54, 1.807) is 6.92 Å². The Kier molecular flexibility index (Phi) is 4.00. The Morgan fingerprint density at radius 1 is 1.38 bits per heavy atom. The highest BCUT2D eigenvalue weighted by molar-refractivity contribution is 5.73. The average molecular weight is 227 g/mol. The molecule has 3 nitrogen and oxygen atoms in total. The van der Waals surface area contributed by atoms with Gasteiger partial charge in [0, 0.05) is 6.92 Å². The first-order valence-corrected chi connectivity index (χ1v) is 6.23. The van der Waals surface area contributed by atoms with Crippen molar-refractivity contribution in [3.05, 3.63) is 0 Å². The van der Waals surface area contributed by atoms with Crippen LogP contribution in [-0.4, -0.2) is 24.2 Å². The third kappa shape index (κ3) is 2.40. The van der Waals surface area contributed by atoms with Gasteiger partial charge < -0.3 is 10.1 Å². The molecule has 1 aliphatic heterocycles. The van der Waals surface area contributed by atoms with Crippen LogP contribution < -0.4 is 5.32 Å². The number of nitrogens with one attached hydrogen (secondary N) is 1. The first kappa shape index (κ1) is 13.5. The molecule has 1 rings (SSSR count). The van der Waals surface area contributed by atoms with E-state index in [1.807, 2.05) is 0 Å². The lowest BCUT2D eigenvalue weighted by Crippen LogP contribution is -2.59. The molecule has 0 aromatic heterocycles. The topological polar surface area (TPSA) is 38.3 Å². The highest BCUT2D eigenvalue weighted by atomic mass is 16.5. The Morgan fingerprint density at radius 2 is 1.94 bits per heavy atom. The molecule has 0 aliphatic carbocycles. The molecule has 1 amide bonds. The zero-order valence-electron chi connectivity index (χ0n) is 11.3. The molecule has 1 saturated heterocycles. The van der Waals surface area contributed by atoms with Gasteiger partial charge in [-0.3, -0.25) is 4.79 Å². The smallest absolute Gasteiger partial charge is 0.217 e. The molecule has 1 fully saturated rings. The quantitative estimate of drug-likeness (QED) is 0.786. The molecule has 0 saturated carbocycles. The van der Waals surface area contributed by atoms with Gasteiger partial charge in [0.15, 0.2) is 0 Å². The van der Waals surface area contributed by atoms with E-state index in [9.17, 15) is 4.79 Å². The van der Waals surface area contributed by atoms with Crippen molar-refractivity contribution in [1.29, 1.82) is 0 Å². The maximum Gasteiger partial charge on any atom is 0.217 e. The van der Waals surface area contributed by atoms with Crippen LogP contribution >= 0.6 is 0 Å². The molecule has 0 aromatic rings. The maximum atomic E-state index is 11.2. The molecule has 1 heterocycles. The summed E-state index contributed by atoms with van der Waals surface area (Å²) in [5, 5.41) is 3.02. The van der Waals surface area contributed by atoms with Crippen molar-refractivity contribution in [1.82, 2.24) is 5.32 Å². The molecule has 0 radical (unpaired) electrons. The summed E-state index contributed by atoms with van der Waals surface area (Å²) >= 11 is 0. The van der Waals surface area contributed by atoms with Crippen LogP contribution in [0.1, 0.15) is 48.0 Å². The monoisotopic (exact) mass is 227 g/mol. The van der Waals surface area contributed by atoms with E-state index in [2.05, 4.69) is 39.9 Å². The summed E-state index contributed by atoms with van der Waals surface area (Å²) in [6.07, 6.45) is 1.40. The zero-order valence-corrected chi connectivity index (χ0v) is 11.3. The van der Waals surface area contributed by atoms with Crippen molar-refractivity contribution in [3.8, 4) is 0 Å². The summed E-state index contributed by atoms with van der Waals surface area (Å²) in [5.41, 5.74) is 0.106. The second-order valence-electron chi connectivity index (χ2n) is 5.57. The molecule has 0 aromatic carbocycles. The normalized spacial score (nSPS) is 38.1. The zero-order chi connectivity index (χ0) is 12.5. The number of hydrogen-bond donors (Lipinski definition) is 1. The molecule has 94 valence electrons. The van der Waals surface area contributed by atoms with Gasteiger partial charge in [0.05, 0.1) is 18.2 Å². The fraction of sp³-hybridized carbons (Fsp3) is 0.923. The lowest BCUT2D eigenvalue weighted by atomic mass is 9.68. The maximum absolute atomic E-state index is 11.2. The van der Waals surface area contributed by atoms with Crippen LogP contribution in [-0.2, 0) is 9.53 Å². The minimum Gasteiger partial charge on any atom is -0.373 e. The summed E-state index contributed by atoms with van der Waals surface area (Å²) in [5.74, 6) is 0.447. The molecule has 3 unspecified atom stereocenters. The molecule has 0 bridgehead atoms. The predicted molar refractivity (Wildman–Crippen MR) is 65.2 cm³/mol. The van der Waals surface area contributed by atoms with E-state index in [4.69, 9.17) is 4.74 Å². The predicted octanol–water partition coefficient (Wildman–Crippen LogP) is 2.35. The molecule has 16 heavy (non-hydrogen) atoms. The largest absolute Gasteiger partial charge is 0.373 e. The van der Waals surface area contributed by atoms with E-state index in [-0.39, 0.29) is 29.6 Å². The minimum absolute atomic E-state index is 0.0260. The van der Waals surface area contributed by atoms with Crippen molar-refractivity contribution >= 4 is 5.91 Å². The summed E-state index contributed by atoms with van der Waals surface area (Å²) in [7, 11) is 0. The molecular weight excluding hydrogens is 202 g/mol. The van der Waals surface area contributed by atoms with Gasteiger partial charge in [-0.25, -0.2) is 0 Å². The number of amides is 1. The van der Waals surface area contributed by atoms with E-state index in [1.165, 1.54) is 0 Å². The number of hydrogen-bond acceptors (Lipinski definition) is 2. The number of carbonyl (C=O) groups is 1. The van der Waals surface area contributed by atoms with Crippen LogP contribution in [0.3, 0.4) is 0 Å². The standard InChI is InChI=1S/C13H25NO2/c1-7-11-13(5,6)8(2)12(9(3)16-11)14-10(4)15/h8-9,11-12H,7H2,1-6H3,(H,14,15)/t8-,9?,11?,12?/m1/s1. The fourth-order valence-corrected chi connectivity index (χ4v) is 2.78. The van der Waals surface area contributed by atoms with Crippen LogP contribution in [0.4, 0.5) is 0 Å². The van der Waals surface area contributed by atoms with E-state index in [0.717, 1.165) is 6.42 Å². The second kappa shape index (κ2) is 4.74. The van der Waals surface area contributed by atoms with Gasteiger partial charge >= 0.3 is 0 Å². The van der Waals surface area contributed by atoms with Crippen LogP contribution in [0.15, 0.2) is 0 Å². The van der Waals surface area contributed by atoms with Gasteiger partial charge in [-0.1, -0.05) is 27.7 Å². The summed E-state index contributed by atoms with van der Waals surface area (Å²) in [6.45, 7) is 12.4. The molecule has 1 aliphatic rings. The van der Waals surface area contributed by atoms with E-state index in [0.29, 0.717) is 5.92 Å². The van der Waals surface area contributed by atoms with E-state index < -0.39 is 0 Å². The number of carbonyl (C=O) groups excluding carboxylic acids is 1. The second-order valence-corrected chi connectivity index (χ2v) is 5.57. The molecule has 0 spiro atoms. The van der Waals surface area contributed by atoms with Gasteiger partial charge in [0.2, 0.25) is 5.91 Å². The van der Waals surface area contributed by atoms with Crippen molar-refractivity contribution in [2.45, 2.75) is 66.2 Å². The average Bonchev–Trinajstić information content (AvgIpc) is 2.18. The highest BCUT2D eigenvalue weighted by Crippen LogP contribution is 2.42. The molecule has 1 N–H and O–H groups in total. The summed E-state index contributed by atoms with van der Waals surface area (Å²) in [4.78, 5) is 11.2. The third-order valence-electron chi connectivity index (χ3n) is 4.17. The van der Waals surface area contributed by atoms with Crippen LogP contribution in [0.25, 0.3) is 0 Å². The Bertz CT molecular complexity index is 263. The fourth-order valence-electron chi connectivity index (χ4n) is 2.78. The van der Waals surface area contributed by atoms with Gasteiger partial charge in [-0.15, -0.1) is 0 Å². The summed E-state index contributed by atoms with van der Waals surface area (Å²) < 4.78 is 6.02. The Morgan fingerprint density at radius 3 is 2.38 bits per heavy atom. The number of rotatable bonds is 2. The van der Waals surface area contributed by atoms with Crippen molar-refractivity contribution in [2.24, 2.45) is 11.3 Å². The van der Waals surface area contributed by atoms with Gasteiger partial charge in [-0.05, 0) is 24.7 Å². The van der Waals surface area contributed by atoms with Gasteiger partial charge in [-0.2, -0.15) is 0 Å². The SMILES string of the molecule is CCC1OC(C)C(NC(C)=O)[C@@H](C)C1(C)C. The molecule has 4 atom stereocenters. The number of ether oxygens (including phenoxy) is 1. The molecular formula is C13H25NO2. The lowest BCUT2D eigenvalue weighted by molar-refractivity contribution is -0.159. The van der Waals surface area contributed by atoms with Crippen molar-refractivity contribution in [3.63, 3.8) is 0 Å². The van der Waals surface area contributed by atoms with E-state index >= 15 is 0 Å². The first-order valence-electron chi connectivity index (χ1n) is 6.23. The first-order chi connectivity index (χ1) is 7.30. The van der Waals surface area contributed by atoms with Crippen LogP contribution in [0.2, 0.25) is 0 Å². The Balaban J connectivity index is 2.86. The Hall–Kier alpha value is -0.570.